The van der Waals surface area contributed by atoms with E-state index in [1.54, 1.807) is 0 Å². The summed E-state index contributed by atoms with van der Waals surface area (Å²) in [6.45, 7) is 6.28. The highest BCUT2D eigenvalue weighted by molar-refractivity contribution is 6.05. The summed E-state index contributed by atoms with van der Waals surface area (Å²) < 4.78 is 0. The first kappa shape index (κ1) is 12.7. The Labute approximate surface area is 114 Å². The number of carbonyl (C=O) groups is 1. The molecular weight excluding hydrogens is 236 g/mol. The van der Waals surface area contributed by atoms with Crippen LogP contribution in [0.5, 0.6) is 0 Å². The number of anilines is 1. The fourth-order valence-electron chi connectivity index (χ4n) is 3.16. The van der Waals surface area contributed by atoms with E-state index in [1.807, 2.05) is 13.8 Å². The van der Waals surface area contributed by atoms with Crippen molar-refractivity contribution in [3.05, 3.63) is 29.3 Å². The molecule has 0 saturated carbocycles. The van der Waals surface area contributed by atoms with Gasteiger partial charge in [-0.1, -0.05) is 12.1 Å². The van der Waals surface area contributed by atoms with Gasteiger partial charge < -0.3 is 10.6 Å². The third kappa shape index (κ3) is 2.27. The summed E-state index contributed by atoms with van der Waals surface area (Å²) in [7, 11) is 0. The first-order valence-corrected chi connectivity index (χ1v) is 7.23. The molecule has 2 aliphatic heterocycles. The maximum atomic E-state index is 11.9. The molecule has 2 N–H and O–H groups in total. The number of hydrogen-bond acceptors (Lipinski definition) is 2. The monoisotopic (exact) mass is 258 g/mol. The number of amides is 1. The van der Waals surface area contributed by atoms with Crippen molar-refractivity contribution in [2.45, 2.75) is 38.5 Å². The molecular formula is C16H22N2O. The van der Waals surface area contributed by atoms with Crippen LogP contribution in [0.15, 0.2) is 18.2 Å². The minimum atomic E-state index is -0.389. The first-order valence-electron chi connectivity index (χ1n) is 7.23. The maximum Gasteiger partial charge on any atom is 0.234 e. The lowest BCUT2D eigenvalue weighted by atomic mass is 9.83. The Morgan fingerprint density at radius 1 is 1.26 bits per heavy atom. The van der Waals surface area contributed by atoms with Gasteiger partial charge in [0.15, 0.2) is 0 Å². The highest BCUT2D eigenvalue weighted by Crippen LogP contribution is 2.38. The number of benzene rings is 1. The first-order chi connectivity index (χ1) is 9.07. The molecule has 3 nitrogen and oxygen atoms in total. The number of carbonyl (C=O) groups excluding carboxylic acids is 1. The molecule has 0 bridgehead atoms. The summed E-state index contributed by atoms with van der Waals surface area (Å²) in [5.41, 5.74) is 3.13. The van der Waals surface area contributed by atoms with Crippen LogP contribution in [-0.4, -0.2) is 19.0 Å². The van der Waals surface area contributed by atoms with E-state index in [-0.39, 0.29) is 11.3 Å². The van der Waals surface area contributed by atoms with Crippen molar-refractivity contribution < 1.29 is 4.79 Å². The average molecular weight is 258 g/mol. The van der Waals surface area contributed by atoms with Gasteiger partial charge in [-0.2, -0.15) is 0 Å². The van der Waals surface area contributed by atoms with E-state index in [1.165, 1.54) is 18.4 Å². The van der Waals surface area contributed by atoms with Crippen molar-refractivity contribution in [3.63, 3.8) is 0 Å². The summed E-state index contributed by atoms with van der Waals surface area (Å²) in [6.07, 6.45) is 3.66. The Kier molecular flexibility index (Phi) is 3.09. The molecule has 0 aromatic heterocycles. The molecule has 2 heterocycles. The Hall–Kier alpha value is -1.35. The maximum absolute atomic E-state index is 11.9. The predicted molar refractivity (Wildman–Crippen MR) is 77.4 cm³/mol. The topological polar surface area (TPSA) is 41.1 Å². The third-order valence-electron chi connectivity index (χ3n) is 4.56. The van der Waals surface area contributed by atoms with Crippen LogP contribution in [0.2, 0.25) is 0 Å². The van der Waals surface area contributed by atoms with Gasteiger partial charge in [0.1, 0.15) is 0 Å². The minimum Gasteiger partial charge on any atom is -0.325 e. The van der Waals surface area contributed by atoms with Crippen molar-refractivity contribution in [1.82, 2.24) is 5.32 Å². The van der Waals surface area contributed by atoms with Gasteiger partial charge in [0.05, 0.1) is 5.41 Å². The van der Waals surface area contributed by atoms with Gasteiger partial charge in [-0.15, -0.1) is 0 Å². The predicted octanol–water partition coefficient (Wildman–Crippen LogP) is 2.46. The second-order valence-corrected chi connectivity index (χ2v) is 6.36. The van der Waals surface area contributed by atoms with E-state index in [0.717, 1.165) is 36.7 Å². The number of hydrogen-bond donors (Lipinski definition) is 2. The van der Waals surface area contributed by atoms with Crippen LogP contribution in [-0.2, 0) is 16.6 Å². The second-order valence-electron chi connectivity index (χ2n) is 6.36. The molecule has 0 unspecified atom stereocenters. The van der Waals surface area contributed by atoms with Crippen LogP contribution in [0.3, 0.4) is 0 Å². The molecule has 1 aromatic rings. The zero-order valence-corrected chi connectivity index (χ0v) is 11.8. The van der Waals surface area contributed by atoms with Crippen LogP contribution in [0.1, 0.15) is 37.8 Å². The van der Waals surface area contributed by atoms with Crippen molar-refractivity contribution in [2.24, 2.45) is 5.92 Å². The Morgan fingerprint density at radius 3 is 2.74 bits per heavy atom. The quantitative estimate of drug-likeness (QED) is 0.855. The molecule has 0 atom stereocenters. The third-order valence-corrected chi connectivity index (χ3v) is 4.56. The lowest BCUT2D eigenvalue weighted by molar-refractivity contribution is -0.119. The number of piperidine rings is 1. The molecule has 102 valence electrons. The van der Waals surface area contributed by atoms with E-state index in [4.69, 9.17) is 0 Å². The van der Waals surface area contributed by atoms with Crippen molar-refractivity contribution in [1.29, 1.82) is 0 Å². The zero-order valence-electron chi connectivity index (χ0n) is 11.8. The molecule has 1 aromatic carbocycles. The van der Waals surface area contributed by atoms with Crippen LogP contribution in [0, 0.1) is 5.92 Å². The van der Waals surface area contributed by atoms with E-state index in [0.29, 0.717) is 0 Å². The standard InChI is InChI=1S/C16H22N2O/c1-16(2)13-10-12(3-4-14(13)18-15(16)19)9-11-5-7-17-8-6-11/h3-4,10-11,17H,5-9H2,1-2H3,(H,18,19). The number of fused-ring (bicyclic) bond motifs is 1. The fraction of sp³-hybridized carbons (Fsp3) is 0.562. The Balaban J connectivity index is 1.82. The van der Waals surface area contributed by atoms with E-state index < -0.39 is 0 Å². The molecule has 2 aliphatic rings. The van der Waals surface area contributed by atoms with Gasteiger partial charge in [0.2, 0.25) is 5.91 Å². The number of nitrogens with one attached hydrogen (secondary N) is 2. The van der Waals surface area contributed by atoms with Gasteiger partial charge in [-0.05, 0) is 69.3 Å². The SMILES string of the molecule is CC1(C)C(=O)Nc2ccc(CC3CCNCC3)cc21. The van der Waals surface area contributed by atoms with E-state index in [2.05, 4.69) is 28.8 Å². The molecule has 1 amide bonds. The van der Waals surface area contributed by atoms with Crippen molar-refractivity contribution in [3.8, 4) is 0 Å². The Bertz CT molecular complexity index is 501. The van der Waals surface area contributed by atoms with Gasteiger partial charge in [0.25, 0.3) is 0 Å². The smallest absolute Gasteiger partial charge is 0.234 e. The molecule has 0 aliphatic carbocycles. The van der Waals surface area contributed by atoms with Crippen molar-refractivity contribution >= 4 is 11.6 Å². The van der Waals surface area contributed by atoms with Crippen LogP contribution < -0.4 is 10.6 Å². The summed E-state index contributed by atoms with van der Waals surface area (Å²) in [5.74, 6) is 0.897. The fourth-order valence-corrected chi connectivity index (χ4v) is 3.16. The lowest BCUT2D eigenvalue weighted by Gasteiger charge is -2.23. The average Bonchev–Trinajstić information content (AvgIpc) is 2.62. The van der Waals surface area contributed by atoms with Gasteiger partial charge >= 0.3 is 0 Å². The highest BCUT2D eigenvalue weighted by Gasteiger charge is 2.38. The molecule has 1 saturated heterocycles. The Morgan fingerprint density at radius 2 is 2.00 bits per heavy atom. The normalized spacial score (nSPS) is 22.1. The zero-order chi connectivity index (χ0) is 13.5. The highest BCUT2D eigenvalue weighted by atomic mass is 16.2. The number of rotatable bonds is 2. The van der Waals surface area contributed by atoms with Crippen LogP contribution >= 0.6 is 0 Å². The molecule has 0 radical (unpaired) electrons. The molecule has 19 heavy (non-hydrogen) atoms. The summed E-state index contributed by atoms with van der Waals surface area (Å²) in [4.78, 5) is 11.9. The van der Waals surface area contributed by atoms with Crippen molar-refractivity contribution in [2.75, 3.05) is 18.4 Å². The lowest BCUT2D eigenvalue weighted by Crippen LogP contribution is -2.29. The van der Waals surface area contributed by atoms with Gasteiger partial charge in [-0.3, -0.25) is 4.79 Å². The second kappa shape index (κ2) is 4.64. The molecule has 3 rings (SSSR count). The van der Waals surface area contributed by atoms with E-state index in [9.17, 15) is 4.79 Å². The molecule has 0 spiro atoms. The minimum absolute atomic E-state index is 0.113. The van der Waals surface area contributed by atoms with Crippen LogP contribution in [0.4, 0.5) is 5.69 Å². The van der Waals surface area contributed by atoms with Gasteiger partial charge in [-0.25, -0.2) is 0 Å². The van der Waals surface area contributed by atoms with Crippen LogP contribution in [0.25, 0.3) is 0 Å². The summed E-state index contributed by atoms with van der Waals surface area (Å²) >= 11 is 0. The summed E-state index contributed by atoms with van der Waals surface area (Å²) in [5, 5.41) is 6.38. The largest absolute Gasteiger partial charge is 0.325 e. The summed E-state index contributed by atoms with van der Waals surface area (Å²) in [6, 6.07) is 6.47. The molecule has 3 heteroatoms. The molecule has 1 fully saturated rings. The van der Waals surface area contributed by atoms with E-state index >= 15 is 0 Å². The van der Waals surface area contributed by atoms with Gasteiger partial charge in [0, 0.05) is 5.69 Å².